The SMILES string of the molecule is CC(=O)OCCCC(=Cc1ccc(Cl)c(Cl)c1)[N+](=O)[O-]. The first-order chi connectivity index (χ1) is 9.40. The first-order valence-corrected chi connectivity index (χ1v) is 6.59. The van der Waals surface area contributed by atoms with Crippen molar-refractivity contribution in [1.29, 1.82) is 0 Å². The minimum absolute atomic E-state index is 0.0236. The van der Waals surface area contributed by atoms with E-state index in [0.717, 1.165) is 0 Å². The second-order valence-electron chi connectivity index (χ2n) is 4.01. The fraction of sp³-hybridized carbons (Fsp3) is 0.308. The second kappa shape index (κ2) is 7.87. The molecule has 0 unspecified atom stereocenters. The Morgan fingerprint density at radius 2 is 2.10 bits per heavy atom. The van der Waals surface area contributed by atoms with Crippen LogP contribution in [0.4, 0.5) is 0 Å². The number of nitro groups is 1. The van der Waals surface area contributed by atoms with Crippen molar-refractivity contribution >= 4 is 35.2 Å². The van der Waals surface area contributed by atoms with Crippen LogP contribution in [0.5, 0.6) is 0 Å². The van der Waals surface area contributed by atoms with Crippen molar-refractivity contribution in [2.75, 3.05) is 6.61 Å². The maximum atomic E-state index is 11.0. The van der Waals surface area contributed by atoms with E-state index in [4.69, 9.17) is 27.9 Å². The quantitative estimate of drug-likeness (QED) is 0.344. The van der Waals surface area contributed by atoms with Gasteiger partial charge in [-0.2, -0.15) is 0 Å². The fourth-order valence-corrected chi connectivity index (χ4v) is 1.79. The van der Waals surface area contributed by atoms with Gasteiger partial charge in [0.05, 0.1) is 21.6 Å². The lowest BCUT2D eigenvalue weighted by atomic mass is 10.1. The number of hydrogen-bond acceptors (Lipinski definition) is 4. The molecule has 0 bridgehead atoms. The molecular formula is C13H13Cl2NO4. The molecule has 0 aliphatic heterocycles. The molecule has 0 saturated carbocycles. The molecule has 0 heterocycles. The zero-order valence-electron chi connectivity index (χ0n) is 10.8. The van der Waals surface area contributed by atoms with Crippen LogP contribution in [0.25, 0.3) is 6.08 Å². The number of carbonyl (C=O) groups is 1. The molecule has 0 N–H and O–H groups in total. The number of esters is 1. The molecule has 1 aromatic rings. The zero-order valence-corrected chi connectivity index (χ0v) is 12.3. The van der Waals surface area contributed by atoms with E-state index in [9.17, 15) is 14.9 Å². The standard InChI is InChI=1S/C13H13Cl2NO4/c1-9(17)20-6-2-3-11(16(18)19)7-10-4-5-12(14)13(15)8-10/h4-5,7-8H,2-3,6H2,1H3. The summed E-state index contributed by atoms with van der Waals surface area (Å²) in [5.74, 6) is -0.402. The van der Waals surface area contributed by atoms with E-state index in [-0.39, 0.29) is 18.7 Å². The first-order valence-electron chi connectivity index (χ1n) is 5.83. The molecule has 0 aliphatic rings. The molecule has 1 aromatic carbocycles. The van der Waals surface area contributed by atoms with Crippen molar-refractivity contribution in [3.63, 3.8) is 0 Å². The van der Waals surface area contributed by atoms with Crippen LogP contribution in [0, 0.1) is 10.1 Å². The lowest BCUT2D eigenvalue weighted by molar-refractivity contribution is -0.426. The summed E-state index contributed by atoms with van der Waals surface area (Å²) < 4.78 is 4.73. The Kier molecular flexibility index (Phi) is 6.48. The lowest BCUT2D eigenvalue weighted by Gasteiger charge is -2.02. The Hall–Kier alpha value is -1.59. The summed E-state index contributed by atoms with van der Waals surface area (Å²) in [6.07, 6.45) is 2.00. The topological polar surface area (TPSA) is 69.4 Å². The predicted molar refractivity (Wildman–Crippen MR) is 77.3 cm³/mol. The molecule has 1 rings (SSSR count). The van der Waals surface area contributed by atoms with Gasteiger partial charge in [0, 0.05) is 19.4 Å². The number of rotatable bonds is 6. The summed E-state index contributed by atoms with van der Waals surface area (Å²) in [5, 5.41) is 11.7. The van der Waals surface area contributed by atoms with Crippen molar-refractivity contribution in [1.82, 2.24) is 0 Å². The van der Waals surface area contributed by atoms with Crippen LogP contribution in [0.2, 0.25) is 10.0 Å². The van der Waals surface area contributed by atoms with Gasteiger partial charge in [-0.15, -0.1) is 0 Å². The summed E-state index contributed by atoms with van der Waals surface area (Å²) in [6, 6.07) is 4.77. The van der Waals surface area contributed by atoms with E-state index < -0.39 is 10.9 Å². The van der Waals surface area contributed by atoms with Crippen LogP contribution >= 0.6 is 23.2 Å². The Labute approximate surface area is 126 Å². The minimum atomic E-state index is -0.462. The molecule has 0 amide bonds. The van der Waals surface area contributed by atoms with Crippen molar-refractivity contribution in [2.45, 2.75) is 19.8 Å². The van der Waals surface area contributed by atoms with Gasteiger partial charge in [0.2, 0.25) is 5.70 Å². The van der Waals surface area contributed by atoms with Gasteiger partial charge in [-0.25, -0.2) is 0 Å². The number of ether oxygens (including phenoxy) is 1. The predicted octanol–water partition coefficient (Wildman–Crippen LogP) is 3.95. The molecule has 0 fully saturated rings. The maximum absolute atomic E-state index is 11.0. The third kappa shape index (κ3) is 5.59. The Bertz CT molecular complexity index is 543. The molecule has 0 aromatic heterocycles. The highest BCUT2D eigenvalue weighted by atomic mass is 35.5. The molecule has 108 valence electrons. The second-order valence-corrected chi connectivity index (χ2v) is 4.82. The van der Waals surface area contributed by atoms with E-state index in [0.29, 0.717) is 22.0 Å². The van der Waals surface area contributed by atoms with Crippen molar-refractivity contribution in [3.05, 3.63) is 49.6 Å². The van der Waals surface area contributed by atoms with Crippen LogP contribution in [-0.4, -0.2) is 17.5 Å². The molecule has 0 spiro atoms. The number of benzene rings is 1. The van der Waals surface area contributed by atoms with Crippen molar-refractivity contribution < 1.29 is 14.5 Å². The van der Waals surface area contributed by atoms with Crippen LogP contribution in [0.1, 0.15) is 25.3 Å². The fourth-order valence-electron chi connectivity index (χ4n) is 1.48. The molecule has 5 nitrogen and oxygen atoms in total. The molecule has 0 aliphatic carbocycles. The number of hydrogen-bond donors (Lipinski definition) is 0. The summed E-state index contributed by atoms with van der Waals surface area (Å²) in [5.41, 5.74) is 0.620. The van der Waals surface area contributed by atoms with E-state index in [1.807, 2.05) is 0 Å². The Balaban J connectivity index is 2.74. The normalized spacial score (nSPS) is 11.2. The molecular weight excluding hydrogens is 305 g/mol. The van der Waals surface area contributed by atoms with Gasteiger partial charge in [-0.05, 0) is 24.1 Å². The average Bonchev–Trinajstić information content (AvgIpc) is 2.36. The van der Waals surface area contributed by atoms with Gasteiger partial charge in [-0.3, -0.25) is 14.9 Å². The number of allylic oxidation sites excluding steroid dienone is 1. The van der Waals surface area contributed by atoms with Crippen molar-refractivity contribution in [2.24, 2.45) is 0 Å². The summed E-state index contributed by atoms with van der Waals surface area (Å²) in [7, 11) is 0. The highest BCUT2D eigenvalue weighted by Gasteiger charge is 2.11. The number of nitrogens with zero attached hydrogens (tertiary/aromatic N) is 1. The van der Waals surface area contributed by atoms with E-state index >= 15 is 0 Å². The van der Waals surface area contributed by atoms with Crippen LogP contribution < -0.4 is 0 Å². The largest absolute Gasteiger partial charge is 0.466 e. The van der Waals surface area contributed by atoms with Crippen molar-refractivity contribution in [3.8, 4) is 0 Å². The highest BCUT2D eigenvalue weighted by Crippen LogP contribution is 2.24. The van der Waals surface area contributed by atoms with Gasteiger partial charge in [0.1, 0.15) is 0 Å². The van der Waals surface area contributed by atoms with Gasteiger partial charge in [-0.1, -0.05) is 29.3 Å². The first kappa shape index (κ1) is 16.5. The smallest absolute Gasteiger partial charge is 0.302 e. The van der Waals surface area contributed by atoms with Gasteiger partial charge in [0.25, 0.3) is 0 Å². The summed E-state index contributed by atoms with van der Waals surface area (Å²) >= 11 is 11.6. The summed E-state index contributed by atoms with van der Waals surface area (Å²) in [4.78, 5) is 21.1. The van der Waals surface area contributed by atoms with Gasteiger partial charge in [0.15, 0.2) is 0 Å². The van der Waals surface area contributed by atoms with E-state index in [1.54, 1.807) is 18.2 Å². The Morgan fingerprint density at radius 1 is 1.40 bits per heavy atom. The van der Waals surface area contributed by atoms with Gasteiger partial charge >= 0.3 is 5.97 Å². The summed E-state index contributed by atoms with van der Waals surface area (Å²) in [6.45, 7) is 1.45. The van der Waals surface area contributed by atoms with Crippen LogP contribution in [-0.2, 0) is 9.53 Å². The van der Waals surface area contributed by atoms with Crippen LogP contribution in [0.15, 0.2) is 23.9 Å². The minimum Gasteiger partial charge on any atom is -0.466 e. The average molecular weight is 318 g/mol. The van der Waals surface area contributed by atoms with E-state index in [1.165, 1.54) is 13.0 Å². The van der Waals surface area contributed by atoms with Crippen LogP contribution in [0.3, 0.4) is 0 Å². The zero-order chi connectivity index (χ0) is 15.1. The molecule has 0 atom stereocenters. The molecule has 0 saturated heterocycles. The monoisotopic (exact) mass is 317 g/mol. The maximum Gasteiger partial charge on any atom is 0.302 e. The lowest BCUT2D eigenvalue weighted by Crippen LogP contribution is -2.04. The van der Waals surface area contributed by atoms with Gasteiger partial charge < -0.3 is 4.74 Å². The third-order valence-electron chi connectivity index (χ3n) is 2.39. The Morgan fingerprint density at radius 3 is 2.65 bits per heavy atom. The number of halogens is 2. The van der Waals surface area contributed by atoms with E-state index in [2.05, 4.69) is 0 Å². The third-order valence-corrected chi connectivity index (χ3v) is 3.13. The molecule has 20 heavy (non-hydrogen) atoms. The molecule has 0 radical (unpaired) electrons. The highest BCUT2D eigenvalue weighted by molar-refractivity contribution is 6.42. The molecule has 7 heteroatoms. The number of carbonyl (C=O) groups excluding carboxylic acids is 1.